The predicted molar refractivity (Wildman–Crippen MR) is 112 cm³/mol. The monoisotopic (exact) mass is 429 g/mol. The maximum Gasteiger partial charge on any atom is 0.248 e. The molecule has 2 heterocycles. The molecule has 0 spiro atoms. The van der Waals surface area contributed by atoms with E-state index in [0.29, 0.717) is 30.8 Å². The van der Waals surface area contributed by atoms with E-state index in [-0.39, 0.29) is 31.2 Å². The molecule has 2 aromatic heterocycles. The van der Waals surface area contributed by atoms with E-state index in [1.807, 2.05) is 32.0 Å². The normalized spacial score (nSPS) is 16.4. The van der Waals surface area contributed by atoms with Gasteiger partial charge in [-0.2, -0.15) is 5.10 Å². The zero-order chi connectivity index (χ0) is 22.0. The molecule has 1 aliphatic rings. The third kappa shape index (κ3) is 5.46. The molecule has 4 rings (SSSR count). The molecule has 31 heavy (non-hydrogen) atoms. The lowest BCUT2D eigenvalue weighted by molar-refractivity contribution is -0.0457. The number of hydrogen-bond acceptors (Lipinski definition) is 3. The van der Waals surface area contributed by atoms with E-state index in [9.17, 15) is 13.2 Å². The van der Waals surface area contributed by atoms with Gasteiger partial charge in [0.2, 0.25) is 5.92 Å². The molecule has 164 valence electrons. The van der Waals surface area contributed by atoms with Crippen LogP contribution in [0, 0.1) is 25.6 Å². The molecule has 7 heteroatoms. The molecule has 0 bridgehead atoms. The zero-order valence-electron chi connectivity index (χ0n) is 17.7. The van der Waals surface area contributed by atoms with Gasteiger partial charge in [0.1, 0.15) is 18.2 Å². The van der Waals surface area contributed by atoms with Crippen molar-refractivity contribution in [3.8, 4) is 11.6 Å². The second-order valence-corrected chi connectivity index (χ2v) is 8.41. The van der Waals surface area contributed by atoms with Gasteiger partial charge in [-0.1, -0.05) is 12.1 Å². The summed E-state index contributed by atoms with van der Waals surface area (Å²) in [6.07, 6.45) is 1.47. The van der Waals surface area contributed by atoms with Crippen molar-refractivity contribution >= 4 is 0 Å². The molecule has 0 radical (unpaired) electrons. The average molecular weight is 429 g/mol. The van der Waals surface area contributed by atoms with Gasteiger partial charge in [0.15, 0.2) is 5.82 Å². The fourth-order valence-corrected chi connectivity index (χ4v) is 4.05. The van der Waals surface area contributed by atoms with Gasteiger partial charge >= 0.3 is 0 Å². The minimum Gasteiger partial charge on any atom is -0.489 e. The molecule has 0 unspecified atom stereocenters. The Hall–Kier alpha value is -2.83. The summed E-state index contributed by atoms with van der Waals surface area (Å²) in [6, 6.07) is 11.8. The topological polar surface area (TPSA) is 39.9 Å². The molecular weight excluding hydrogens is 403 g/mol. The lowest BCUT2D eigenvalue weighted by Crippen LogP contribution is -2.25. The van der Waals surface area contributed by atoms with Crippen LogP contribution in [-0.2, 0) is 13.0 Å². The highest BCUT2D eigenvalue weighted by atomic mass is 19.3. The standard InChI is InChI=1S/C24H26F3N3O/c1-16-11-17(2)30(29-16)23-14-22(31-15-19-3-5-20(25)6-4-19)13-21(28-23)12-18-7-9-24(26,27)10-8-18/h3-6,11,13-14,18H,7-10,12,15H2,1-2H3. The van der Waals surface area contributed by atoms with Crippen LogP contribution in [0.2, 0.25) is 0 Å². The van der Waals surface area contributed by atoms with Gasteiger partial charge in [-0.3, -0.25) is 0 Å². The Morgan fingerprint density at radius 1 is 1.06 bits per heavy atom. The van der Waals surface area contributed by atoms with Crippen LogP contribution in [0.4, 0.5) is 13.2 Å². The Kier molecular flexibility index (Phi) is 6.03. The second-order valence-electron chi connectivity index (χ2n) is 8.41. The molecule has 0 amide bonds. The number of benzene rings is 1. The smallest absolute Gasteiger partial charge is 0.248 e. The van der Waals surface area contributed by atoms with Crippen LogP contribution in [0.5, 0.6) is 5.75 Å². The summed E-state index contributed by atoms with van der Waals surface area (Å²) in [5, 5.41) is 4.51. The highest BCUT2D eigenvalue weighted by Crippen LogP contribution is 2.37. The van der Waals surface area contributed by atoms with E-state index in [4.69, 9.17) is 9.72 Å². The van der Waals surface area contributed by atoms with Gasteiger partial charge in [-0.25, -0.2) is 22.8 Å². The first-order valence-corrected chi connectivity index (χ1v) is 10.6. The van der Waals surface area contributed by atoms with Crippen molar-refractivity contribution < 1.29 is 17.9 Å². The molecule has 1 aliphatic carbocycles. The molecule has 1 aromatic carbocycles. The Bertz CT molecular complexity index is 1040. The first-order valence-electron chi connectivity index (χ1n) is 10.6. The Labute approximate surface area is 180 Å². The minimum atomic E-state index is -2.54. The van der Waals surface area contributed by atoms with E-state index >= 15 is 0 Å². The third-order valence-electron chi connectivity index (χ3n) is 5.72. The third-order valence-corrected chi connectivity index (χ3v) is 5.72. The number of rotatable bonds is 6. The van der Waals surface area contributed by atoms with Crippen molar-refractivity contribution in [3.63, 3.8) is 0 Å². The van der Waals surface area contributed by atoms with Gasteiger partial charge < -0.3 is 4.74 Å². The van der Waals surface area contributed by atoms with Crippen molar-refractivity contribution in [1.29, 1.82) is 0 Å². The van der Waals surface area contributed by atoms with Crippen LogP contribution >= 0.6 is 0 Å². The quantitative estimate of drug-likeness (QED) is 0.485. The molecule has 0 N–H and O–H groups in total. The molecule has 1 fully saturated rings. The molecule has 3 aromatic rings. The summed E-state index contributed by atoms with van der Waals surface area (Å²) in [7, 11) is 0. The highest BCUT2D eigenvalue weighted by Gasteiger charge is 2.35. The number of alkyl halides is 2. The summed E-state index contributed by atoms with van der Waals surface area (Å²) < 4.78 is 47.9. The summed E-state index contributed by atoms with van der Waals surface area (Å²) >= 11 is 0. The van der Waals surface area contributed by atoms with E-state index in [2.05, 4.69) is 5.10 Å². The number of aryl methyl sites for hydroxylation is 2. The highest BCUT2D eigenvalue weighted by molar-refractivity contribution is 5.37. The van der Waals surface area contributed by atoms with Crippen molar-refractivity contribution in [2.75, 3.05) is 0 Å². The second kappa shape index (κ2) is 8.73. The molecule has 1 saturated carbocycles. The van der Waals surface area contributed by atoms with Gasteiger partial charge in [-0.05, 0) is 62.8 Å². The Balaban J connectivity index is 1.57. The molecular formula is C24H26F3N3O. The number of halogens is 3. The lowest BCUT2D eigenvalue weighted by Gasteiger charge is -2.28. The maximum absolute atomic E-state index is 13.5. The molecule has 0 atom stereocenters. The maximum atomic E-state index is 13.5. The van der Waals surface area contributed by atoms with Crippen LogP contribution in [0.1, 0.15) is 48.3 Å². The van der Waals surface area contributed by atoms with Crippen LogP contribution in [0.15, 0.2) is 42.5 Å². The van der Waals surface area contributed by atoms with Gasteiger partial charge in [0.25, 0.3) is 0 Å². The van der Waals surface area contributed by atoms with Crippen molar-refractivity contribution in [1.82, 2.24) is 14.8 Å². The Morgan fingerprint density at radius 2 is 1.77 bits per heavy atom. The molecule has 0 aliphatic heterocycles. The van der Waals surface area contributed by atoms with Crippen molar-refractivity contribution in [2.45, 2.75) is 58.5 Å². The molecule has 4 nitrogen and oxygen atoms in total. The Morgan fingerprint density at radius 3 is 2.42 bits per heavy atom. The number of ether oxygens (including phenoxy) is 1. The number of nitrogens with zero attached hydrogens (tertiary/aromatic N) is 3. The van der Waals surface area contributed by atoms with E-state index in [0.717, 1.165) is 22.6 Å². The number of aromatic nitrogens is 3. The summed E-state index contributed by atoms with van der Waals surface area (Å²) in [6.45, 7) is 4.16. The van der Waals surface area contributed by atoms with E-state index in [1.54, 1.807) is 16.8 Å². The summed E-state index contributed by atoms with van der Waals surface area (Å²) in [5.41, 5.74) is 3.48. The van der Waals surface area contributed by atoms with Crippen LogP contribution < -0.4 is 4.74 Å². The SMILES string of the molecule is Cc1cc(C)n(-c2cc(OCc3ccc(F)cc3)cc(CC3CCC(F)(F)CC3)n2)n1. The van der Waals surface area contributed by atoms with Gasteiger partial charge in [-0.15, -0.1) is 0 Å². The fraction of sp³-hybridized carbons (Fsp3) is 0.417. The average Bonchev–Trinajstić information content (AvgIpc) is 3.07. The van der Waals surface area contributed by atoms with Crippen LogP contribution in [0.3, 0.4) is 0 Å². The molecule has 0 saturated heterocycles. The lowest BCUT2D eigenvalue weighted by atomic mass is 9.84. The first kappa shape index (κ1) is 21.4. The minimum absolute atomic E-state index is 0.0667. The fourth-order valence-electron chi connectivity index (χ4n) is 4.05. The van der Waals surface area contributed by atoms with Crippen LogP contribution in [0.25, 0.3) is 5.82 Å². The van der Waals surface area contributed by atoms with E-state index < -0.39 is 5.92 Å². The van der Waals surface area contributed by atoms with Gasteiger partial charge in [0.05, 0.1) is 5.69 Å². The number of hydrogen-bond donors (Lipinski definition) is 0. The van der Waals surface area contributed by atoms with E-state index in [1.165, 1.54) is 12.1 Å². The largest absolute Gasteiger partial charge is 0.489 e. The summed E-state index contributed by atoms with van der Waals surface area (Å²) in [4.78, 5) is 4.76. The van der Waals surface area contributed by atoms with Gasteiger partial charge in [0, 0.05) is 36.4 Å². The van der Waals surface area contributed by atoms with Crippen LogP contribution in [-0.4, -0.2) is 20.7 Å². The van der Waals surface area contributed by atoms with Crippen molar-refractivity contribution in [3.05, 3.63) is 70.9 Å². The summed E-state index contributed by atoms with van der Waals surface area (Å²) in [5.74, 6) is -1.40. The number of pyridine rings is 1. The van der Waals surface area contributed by atoms with Crippen molar-refractivity contribution in [2.24, 2.45) is 5.92 Å². The predicted octanol–water partition coefficient (Wildman–Crippen LogP) is 5.97. The zero-order valence-corrected chi connectivity index (χ0v) is 17.7. The first-order chi connectivity index (χ1) is 14.8.